The lowest BCUT2D eigenvalue weighted by molar-refractivity contribution is -0.146. The number of carboxylic acid groups (broad SMARTS) is 1. The highest BCUT2D eigenvalue weighted by molar-refractivity contribution is 5.96. The van der Waals surface area contributed by atoms with E-state index in [0.717, 1.165) is 16.7 Å². The van der Waals surface area contributed by atoms with E-state index < -0.39 is 17.8 Å². The van der Waals surface area contributed by atoms with Crippen LogP contribution in [0.3, 0.4) is 0 Å². The minimum atomic E-state index is -1.11. The predicted molar refractivity (Wildman–Crippen MR) is 74.0 cm³/mol. The first-order valence-electron chi connectivity index (χ1n) is 6.32. The molecule has 0 aromatic heterocycles. The van der Waals surface area contributed by atoms with Crippen LogP contribution in [0.1, 0.15) is 34.7 Å². The van der Waals surface area contributed by atoms with Gasteiger partial charge in [-0.2, -0.15) is 0 Å². The second-order valence-corrected chi connectivity index (χ2v) is 5.02. The Bertz CT molecular complexity index is 494. The number of carbonyl (C=O) groups is 2. The van der Waals surface area contributed by atoms with Crippen LogP contribution in [-0.2, 0) is 16.1 Å². The van der Waals surface area contributed by atoms with Gasteiger partial charge in [0.2, 0.25) is 5.91 Å². The van der Waals surface area contributed by atoms with Crippen LogP contribution >= 0.6 is 0 Å². The number of nitrogens with one attached hydrogen (secondary N) is 1. The number of aliphatic carboxylic acids is 1. The summed E-state index contributed by atoms with van der Waals surface area (Å²) >= 11 is 0. The molecule has 1 unspecified atom stereocenters. The number of carboxylic acids is 1. The summed E-state index contributed by atoms with van der Waals surface area (Å²) in [4.78, 5) is 22.4. The lowest BCUT2D eigenvalue weighted by Crippen LogP contribution is -2.33. The van der Waals surface area contributed by atoms with Crippen LogP contribution in [-0.4, -0.2) is 17.0 Å². The van der Waals surface area contributed by atoms with Crippen molar-refractivity contribution in [1.29, 1.82) is 0 Å². The van der Waals surface area contributed by atoms with Crippen LogP contribution in [0, 0.1) is 33.6 Å². The molecule has 2 N–H and O–H groups in total. The van der Waals surface area contributed by atoms with Gasteiger partial charge >= 0.3 is 5.97 Å². The summed E-state index contributed by atoms with van der Waals surface area (Å²) < 4.78 is 0. The molecule has 0 fully saturated rings. The third-order valence-electron chi connectivity index (χ3n) is 3.72. The van der Waals surface area contributed by atoms with Gasteiger partial charge in [0.1, 0.15) is 5.92 Å². The van der Waals surface area contributed by atoms with Crippen LogP contribution in [0.4, 0.5) is 0 Å². The second-order valence-electron chi connectivity index (χ2n) is 5.02. The number of carbonyl (C=O) groups excluding carboxylic acids is 1. The van der Waals surface area contributed by atoms with Crippen molar-refractivity contribution >= 4 is 11.9 Å². The highest BCUT2D eigenvalue weighted by atomic mass is 16.4. The van der Waals surface area contributed by atoms with Crippen LogP contribution in [0.15, 0.2) is 6.07 Å². The van der Waals surface area contributed by atoms with E-state index in [0.29, 0.717) is 6.54 Å². The summed E-state index contributed by atoms with van der Waals surface area (Å²) in [6.07, 6.45) is 0. The Morgan fingerprint density at radius 1 is 1.16 bits per heavy atom. The summed E-state index contributed by atoms with van der Waals surface area (Å²) in [6.45, 7) is 9.86. The number of aryl methyl sites for hydroxylation is 2. The first-order valence-corrected chi connectivity index (χ1v) is 6.32. The van der Waals surface area contributed by atoms with E-state index in [9.17, 15) is 9.59 Å². The zero-order chi connectivity index (χ0) is 14.7. The first-order chi connectivity index (χ1) is 8.75. The third kappa shape index (κ3) is 3.34. The van der Waals surface area contributed by atoms with E-state index in [2.05, 4.69) is 11.4 Å². The molecule has 104 valence electrons. The van der Waals surface area contributed by atoms with Gasteiger partial charge in [0, 0.05) is 6.54 Å². The molecule has 0 aliphatic rings. The minimum absolute atomic E-state index is 0.372. The molecule has 0 spiro atoms. The van der Waals surface area contributed by atoms with Gasteiger partial charge in [-0.05, 0) is 62.4 Å². The van der Waals surface area contributed by atoms with Crippen molar-refractivity contribution in [1.82, 2.24) is 5.32 Å². The summed E-state index contributed by atoms with van der Waals surface area (Å²) in [5.41, 5.74) is 5.72. The molecule has 0 saturated heterocycles. The van der Waals surface area contributed by atoms with Crippen molar-refractivity contribution in [2.75, 3.05) is 0 Å². The summed E-state index contributed by atoms with van der Waals surface area (Å²) in [5, 5.41) is 11.5. The fraction of sp³-hybridized carbons (Fsp3) is 0.467. The number of rotatable bonds is 4. The Balaban J connectivity index is 2.90. The van der Waals surface area contributed by atoms with Gasteiger partial charge in [-0.1, -0.05) is 6.07 Å². The smallest absolute Gasteiger partial charge is 0.315 e. The molecule has 1 aromatic rings. The number of hydrogen-bond acceptors (Lipinski definition) is 2. The maximum absolute atomic E-state index is 11.7. The van der Waals surface area contributed by atoms with E-state index in [1.54, 1.807) is 0 Å². The molecule has 1 amide bonds. The number of benzene rings is 1. The molecule has 0 saturated carbocycles. The molecular formula is C15H21NO3. The number of hydrogen-bond donors (Lipinski definition) is 2. The highest BCUT2D eigenvalue weighted by Crippen LogP contribution is 2.21. The monoisotopic (exact) mass is 263 g/mol. The van der Waals surface area contributed by atoms with Crippen molar-refractivity contribution in [3.05, 3.63) is 33.9 Å². The molecule has 0 radical (unpaired) electrons. The fourth-order valence-corrected chi connectivity index (χ4v) is 2.00. The van der Waals surface area contributed by atoms with Crippen molar-refractivity contribution in [3.8, 4) is 0 Å². The van der Waals surface area contributed by atoms with Gasteiger partial charge in [-0.3, -0.25) is 9.59 Å². The molecule has 1 aromatic carbocycles. The standard InChI is InChI=1S/C15H21NO3/c1-8-6-9(2)11(4)13(10(8)3)7-16-14(17)12(5)15(18)19/h6,12H,7H2,1-5H3,(H,16,17)(H,18,19). The normalized spacial score (nSPS) is 12.1. The van der Waals surface area contributed by atoms with Gasteiger partial charge in [0.05, 0.1) is 0 Å². The fourth-order valence-electron chi connectivity index (χ4n) is 2.00. The molecule has 1 atom stereocenters. The van der Waals surface area contributed by atoms with Crippen molar-refractivity contribution in [2.24, 2.45) is 5.92 Å². The molecule has 0 heterocycles. The topological polar surface area (TPSA) is 66.4 Å². The van der Waals surface area contributed by atoms with Crippen LogP contribution in [0.25, 0.3) is 0 Å². The third-order valence-corrected chi connectivity index (χ3v) is 3.72. The van der Waals surface area contributed by atoms with Crippen molar-refractivity contribution < 1.29 is 14.7 Å². The van der Waals surface area contributed by atoms with E-state index in [4.69, 9.17) is 5.11 Å². The summed E-state index contributed by atoms with van der Waals surface area (Å²) in [7, 11) is 0. The average molecular weight is 263 g/mol. The lowest BCUT2D eigenvalue weighted by atomic mass is 9.94. The maximum Gasteiger partial charge on any atom is 0.315 e. The van der Waals surface area contributed by atoms with Crippen molar-refractivity contribution in [3.63, 3.8) is 0 Å². The SMILES string of the molecule is Cc1cc(C)c(C)c(CNC(=O)C(C)C(=O)O)c1C. The molecule has 0 aliphatic heterocycles. The van der Waals surface area contributed by atoms with Crippen LogP contribution in [0.5, 0.6) is 0 Å². The molecular weight excluding hydrogens is 242 g/mol. The largest absolute Gasteiger partial charge is 0.481 e. The Kier molecular flexibility index (Phi) is 4.70. The van der Waals surface area contributed by atoms with E-state index in [1.807, 2.05) is 27.7 Å². The molecule has 4 heteroatoms. The molecule has 0 bridgehead atoms. The summed E-state index contributed by atoms with van der Waals surface area (Å²) in [5.74, 6) is -2.58. The molecule has 0 aliphatic carbocycles. The van der Waals surface area contributed by atoms with Gasteiger partial charge in [0.25, 0.3) is 0 Å². The Morgan fingerprint density at radius 2 is 1.63 bits per heavy atom. The maximum atomic E-state index is 11.7. The van der Waals surface area contributed by atoms with E-state index >= 15 is 0 Å². The second kappa shape index (κ2) is 5.87. The number of amides is 1. The van der Waals surface area contributed by atoms with Gasteiger partial charge in [-0.15, -0.1) is 0 Å². The quantitative estimate of drug-likeness (QED) is 0.819. The highest BCUT2D eigenvalue weighted by Gasteiger charge is 2.20. The van der Waals surface area contributed by atoms with Gasteiger partial charge < -0.3 is 10.4 Å². The minimum Gasteiger partial charge on any atom is -0.481 e. The van der Waals surface area contributed by atoms with Gasteiger partial charge in [-0.25, -0.2) is 0 Å². The van der Waals surface area contributed by atoms with Crippen LogP contribution < -0.4 is 5.32 Å². The summed E-state index contributed by atoms with van der Waals surface area (Å²) in [6, 6.07) is 2.12. The molecule has 1 rings (SSSR count). The average Bonchev–Trinajstić information content (AvgIpc) is 2.35. The Morgan fingerprint density at radius 3 is 2.05 bits per heavy atom. The van der Waals surface area contributed by atoms with Crippen LogP contribution in [0.2, 0.25) is 0 Å². The van der Waals surface area contributed by atoms with E-state index in [1.165, 1.54) is 18.1 Å². The molecule has 4 nitrogen and oxygen atoms in total. The predicted octanol–water partition coefficient (Wildman–Crippen LogP) is 2.26. The lowest BCUT2D eigenvalue weighted by Gasteiger charge is -2.16. The molecule has 19 heavy (non-hydrogen) atoms. The first kappa shape index (κ1) is 15.2. The Hall–Kier alpha value is -1.84. The van der Waals surface area contributed by atoms with E-state index in [-0.39, 0.29) is 0 Å². The Labute approximate surface area is 113 Å². The van der Waals surface area contributed by atoms with Crippen molar-refractivity contribution in [2.45, 2.75) is 41.2 Å². The zero-order valence-corrected chi connectivity index (χ0v) is 12.1. The zero-order valence-electron chi connectivity index (χ0n) is 12.1. The van der Waals surface area contributed by atoms with Gasteiger partial charge in [0.15, 0.2) is 0 Å².